The highest BCUT2D eigenvalue weighted by Crippen LogP contribution is 2.22. The molecular weight excluding hydrogens is 290 g/mol. The van der Waals surface area contributed by atoms with Crippen LogP contribution in [0.4, 0.5) is 0 Å². The Bertz CT molecular complexity index is 639. The number of benzene rings is 1. The first-order valence-corrected chi connectivity index (χ1v) is 8.45. The Morgan fingerprint density at radius 2 is 2.10 bits per heavy atom. The maximum absolute atomic E-state index is 12.8. The van der Waals surface area contributed by atoms with Gasteiger partial charge in [0.25, 0.3) is 0 Å². The first-order chi connectivity index (χ1) is 9.87. The second-order valence-corrected chi connectivity index (χ2v) is 7.16. The number of sulfonamides is 1. The van der Waals surface area contributed by atoms with Gasteiger partial charge >= 0.3 is 0 Å². The van der Waals surface area contributed by atoms with Gasteiger partial charge in [-0.1, -0.05) is 13.0 Å². The zero-order valence-corrected chi connectivity index (χ0v) is 13.1. The highest BCUT2D eigenvalue weighted by Gasteiger charge is 2.34. The Hall–Kier alpha value is -1.44. The minimum Gasteiger partial charge on any atom is -0.366 e. The van der Waals surface area contributed by atoms with Crippen molar-refractivity contribution >= 4 is 15.9 Å². The molecule has 0 unspecified atom stereocenters. The molecule has 21 heavy (non-hydrogen) atoms. The van der Waals surface area contributed by atoms with Gasteiger partial charge in [0, 0.05) is 25.2 Å². The van der Waals surface area contributed by atoms with Gasteiger partial charge in [-0.3, -0.25) is 4.79 Å². The second-order valence-electron chi connectivity index (χ2n) is 5.27. The van der Waals surface area contributed by atoms with E-state index in [4.69, 9.17) is 5.73 Å². The Kier molecular flexibility index (Phi) is 4.65. The number of hydrogen-bond acceptors (Lipinski definition) is 4. The van der Waals surface area contributed by atoms with Crippen molar-refractivity contribution in [3.63, 3.8) is 0 Å². The largest absolute Gasteiger partial charge is 0.366 e. The maximum Gasteiger partial charge on any atom is 0.249 e. The number of amides is 1. The summed E-state index contributed by atoms with van der Waals surface area (Å²) in [7, 11) is -3.61. The van der Waals surface area contributed by atoms with Crippen molar-refractivity contribution in [2.24, 2.45) is 5.73 Å². The van der Waals surface area contributed by atoms with Gasteiger partial charge in [0.1, 0.15) is 0 Å². The van der Waals surface area contributed by atoms with Gasteiger partial charge in [0.05, 0.1) is 10.9 Å². The topological polar surface area (TPSA) is 92.5 Å². The smallest absolute Gasteiger partial charge is 0.249 e. The van der Waals surface area contributed by atoms with Crippen molar-refractivity contribution in [2.45, 2.75) is 31.2 Å². The molecular formula is C14H21N3O3S. The maximum atomic E-state index is 12.8. The normalized spacial score (nSPS) is 16.0. The van der Waals surface area contributed by atoms with Crippen LogP contribution in [0.5, 0.6) is 0 Å². The summed E-state index contributed by atoms with van der Waals surface area (Å²) in [5.74, 6) is -0.614. The van der Waals surface area contributed by atoms with Gasteiger partial charge in [-0.2, -0.15) is 4.31 Å². The molecule has 0 spiro atoms. The van der Waals surface area contributed by atoms with Crippen LogP contribution in [0.1, 0.15) is 29.3 Å². The molecule has 3 N–H and O–H groups in total. The molecule has 1 heterocycles. The summed E-state index contributed by atoms with van der Waals surface area (Å²) in [6, 6.07) is 4.51. The number of nitrogens with two attached hydrogens (primary N) is 1. The van der Waals surface area contributed by atoms with Gasteiger partial charge in [0.2, 0.25) is 15.9 Å². The molecule has 1 aliphatic heterocycles. The van der Waals surface area contributed by atoms with Gasteiger partial charge in [-0.05, 0) is 31.0 Å². The van der Waals surface area contributed by atoms with Gasteiger partial charge in [-0.15, -0.1) is 0 Å². The molecule has 2 rings (SSSR count). The third kappa shape index (κ3) is 3.09. The van der Waals surface area contributed by atoms with E-state index < -0.39 is 15.9 Å². The number of primary amides is 1. The molecule has 1 aromatic rings. The zero-order chi connectivity index (χ0) is 15.6. The number of carbonyl (C=O) groups excluding carboxylic acids is 1. The summed E-state index contributed by atoms with van der Waals surface area (Å²) >= 11 is 0. The summed E-state index contributed by atoms with van der Waals surface area (Å²) in [4.78, 5) is 11.5. The molecule has 7 heteroatoms. The minimum atomic E-state index is -3.61. The van der Waals surface area contributed by atoms with Crippen LogP contribution in [0.25, 0.3) is 0 Å². The standard InChI is InChI=1S/C14H21N3O3S/c1-3-6-17(11-8-16-9-11)21(19,20)12-5-4-10(2)13(7-12)14(15)18/h4-5,7,11,16H,3,6,8-9H2,1-2H3,(H2,15,18). The number of rotatable bonds is 6. The van der Waals surface area contributed by atoms with Crippen molar-refractivity contribution in [3.8, 4) is 0 Å². The van der Waals surface area contributed by atoms with Crippen LogP contribution in [-0.2, 0) is 10.0 Å². The lowest BCUT2D eigenvalue weighted by Gasteiger charge is -2.37. The Labute approximate surface area is 125 Å². The van der Waals surface area contributed by atoms with Crippen LogP contribution in [0.3, 0.4) is 0 Å². The van der Waals surface area contributed by atoms with Gasteiger partial charge in [-0.25, -0.2) is 8.42 Å². The number of nitrogens with zero attached hydrogens (tertiary/aromatic N) is 1. The molecule has 0 aliphatic carbocycles. The van der Waals surface area contributed by atoms with Crippen LogP contribution in [0, 0.1) is 6.92 Å². The summed E-state index contributed by atoms with van der Waals surface area (Å²) in [6.45, 7) is 5.46. The zero-order valence-electron chi connectivity index (χ0n) is 12.3. The predicted molar refractivity (Wildman–Crippen MR) is 80.5 cm³/mol. The molecule has 1 aliphatic rings. The average Bonchev–Trinajstić information content (AvgIpc) is 2.36. The molecule has 0 aromatic heterocycles. The Morgan fingerprint density at radius 3 is 2.57 bits per heavy atom. The number of hydrogen-bond donors (Lipinski definition) is 2. The van der Waals surface area contributed by atoms with Gasteiger partial charge in [0.15, 0.2) is 0 Å². The van der Waals surface area contributed by atoms with Gasteiger partial charge < -0.3 is 11.1 Å². The van der Waals surface area contributed by atoms with E-state index in [0.717, 1.165) is 6.42 Å². The lowest BCUT2D eigenvalue weighted by Crippen LogP contribution is -2.58. The van der Waals surface area contributed by atoms with E-state index in [-0.39, 0.29) is 16.5 Å². The monoisotopic (exact) mass is 311 g/mol. The fourth-order valence-electron chi connectivity index (χ4n) is 2.36. The number of carbonyl (C=O) groups is 1. The first-order valence-electron chi connectivity index (χ1n) is 7.01. The number of aryl methyl sites for hydroxylation is 1. The van der Waals surface area contributed by atoms with Crippen LogP contribution in [0.15, 0.2) is 23.1 Å². The van der Waals surface area contributed by atoms with Crippen molar-refractivity contribution in [2.75, 3.05) is 19.6 Å². The lowest BCUT2D eigenvalue weighted by atomic mass is 10.1. The van der Waals surface area contributed by atoms with Crippen LogP contribution < -0.4 is 11.1 Å². The number of nitrogens with one attached hydrogen (secondary N) is 1. The van der Waals surface area contributed by atoms with E-state index in [1.54, 1.807) is 13.0 Å². The average molecular weight is 311 g/mol. The summed E-state index contributed by atoms with van der Waals surface area (Å²) < 4.78 is 27.1. The molecule has 0 atom stereocenters. The third-order valence-electron chi connectivity index (χ3n) is 3.69. The highest BCUT2D eigenvalue weighted by atomic mass is 32.2. The second kappa shape index (κ2) is 6.13. The fourth-order valence-corrected chi connectivity index (χ4v) is 4.10. The summed E-state index contributed by atoms with van der Waals surface area (Å²) in [5.41, 5.74) is 6.23. The third-order valence-corrected chi connectivity index (χ3v) is 5.64. The molecule has 1 aromatic carbocycles. The molecule has 1 fully saturated rings. The van der Waals surface area contributed by atoms with E-state index in [1.807, 2.05) is 6.92 Å². The molecule has 116 valence electrons. The SMILES string of the molecule is CCCN(C1CNC1)S(=O)(=O)c1ccc(C)c(C(N)=O)c1. The molecule has 0 radical (unpaired) electrons. The van der Waals surface area contributed by atoms with Crippen LogP contribution in [-0.4, -0.2) is 44.3 Å². The fraction of sp³-hybridized carbons (Fsp3) is 0.500. The Balaban J connectivity index is 2.41. The van der Waals surface area contributed by atoms with Crippen molar-refractivity contribution in [1.82, 2.24) is 9.62 Å². The van der Waals surface area contributed by atoms with E-state index >= 15 is 0 Å². The predicted octanol–water partition coefficient (Wildman–Crippen LogP) is 0.466. The van der Waals surface area contributed by atoms with Crippen molar-refractivity contribution in [3.05, 3.63) is 29.3 Å². The van der Waals surface area contributed by atoms with E-state index in [9.17, 15) is 13.2 Å². The van der Waals surface area contributed by atoms with Crippen LogP contribution >= 0.6 is 0 Å². The quantitative estimate of drug-likeness (QED) is 0.798. The first kappa shape index (κ1) is 15.9. The molecule has 6 nitrogen and oxygen atoms in total. The Morgan fingerprint density at radius 1 is 1.43 bits per heavy atom. The highest BCUT2D eigenvalue weighted by molar-refractivity contribution is 7.89. The minimum absolute atomic E-state index is 0.0201. The van der Waals surface area contributed by atoms with Crippen molar-refractivity contribution in [1.29, 1.82) is 0 Å². The van der Waals surface area contributed by atoms with E-state index in [1.165, 1.54) is 16.4 Å². The molecule has 0 saturated carbocycles. The summed E-state index contributed by atoms with van der Waals surface area (Å²) in [5, 5.41) is 3.08. The molecule has 0 bridgehead atoms. The van der Waals surface area contributed by atoms with Crippen molar-refractivity contribution < 1.29 is 13.2 Å². The van der Waals surface area contributed by atoms with Crippen LogP contribution in [0.2, 0.25) is 0 Å². The molecule has 1 saturated heterocycles. The summed E-state index contributed by atoms with van der Waals surface area (Å²) in [6.07, 6.45) is 0.740. The van der Waals surface area contributed by atoms with E-state index in [2.05, 4.69) is 5.32 Å². The molecule has 1 amide bonds. The van der Waals surface area contributed by atoms with E-state index in [0.29, 0.717) is 25.2 Å². The lowest BCUT2D eigenvalue weighted by molar-refractivity contribution is 0.0999.